The molecule has 0 saturated heterocycles. The number of benzene rings is 3. The van der Waals surface area contributed by atoms with Crippen molar-refractivity contribution in [2.24, 2.45) is 0 Å². The Morgan fingerprint density at radius 1 is 0.923 bits per heavy atom. The van der Waals surface area contributed by atoms with Gasteiger partial charge in [0, 0.05) is 24.4 Å². The third-order valence-electron chi connectivity index (χ3n) is 5.77. The molecule has 4 aromatic rings. The first-order valence-corrected chi connectivity index (χ1v) is 12.3. The summed E-state index contributed by atoms with van der Waals surface area (Å²) in [5, 5.41) is 0.741. The molecule has 0 N–H and O–H groups in total. The first-order chi connectivity index (χ1) is 19.0. The molecule has 0 aliphatic heterocycles. The lowest BCUT2D eigenvalue weighted by molar-refractivity contribution is -0.191. The number of rotatable bonds is 11. The molecule has 39 heavy (non-hydrogen) atoms. The van der Waals surface area contributed by atoms with E-state index in [1.807, 2.05) is 48.5 Å². The van der Waals surface area contributed by atoms with E-state index in [1.54, 1.807) is 31.5 Å². The summed E-state index contributed by atoms with van der Waals surface area (Å²) in [4.78, 5) is 36.8. The standard InChI is InChI=1S/C30H28N2O4.CO2/c1-4-5-16-35-30-20-27-26(19-28(30)31-2)29(14-15-32-27)36-25-12-8-22(9-13-25)18-23(33)17-21-6-10-24(34-3)11-7-21;2-1-3/h6-15,19-20H,4-5,16-18H2,1,3H3;. The van der Waals surface area contributed by atoms with Crippen LogP contribution >= 0.6 is 0 Å². The lowest BCUT2D eigenvalue weighted by Gasteiger charge is -2.12. The predicted molar refractivity (Wildman–Crippen MR) is 145 cm³/mol. The zero-order valence-electron chi connectivity index (χ0n) is 21.8. The Balaban J connectivity index is 0.00000134. The Bertz CT molecular complexity index is 1470. The molecule has 0 aliphatic carbocycles. The van der Waals surface area contributed by atoms with Gasteiger partial charge in [0.05, 0.1) is 25.8 Å². The fourth-order valence-electron chi connectivity index (χ4n) is 3.82. The van der Waals surface area contributed by atoms with E-state index in [-0.39, 0.29) is 11.9 Å². The average molecular weight is 525 g/mol. The zero-order valence-corrected chi connectivity index (χ0v) is 21.8. The molecule has 4 rings (SSSR count). The maximum atomic E-state index is 12.5. The molecule has 1 aromatic heterocycles. The van der Waals surface area contributed by atoms with Crippen molar-refractivity contribution in [2.75, 3.05) is 13.7 Å². The summed E-state index contributed by atoms with van der Waals surface area (Å²) in [6.45, 7) is 10.2. The topological polar surface area (TPSA) is 96.2 Å². The zero-order chi connectivity index (χ0) is 28.0. The van der Waals surface area contributed by atoms with Gasteiger partial charge < -0.3 is 14.2 Å². The molecule has 0 atom stereocenters. The van der Waals surface area contributed by atoms with Crippen molar-refractivity contribution in [2.45, 2.75) is 32.6 Å². The van der Waals surface area contributed by atoms with E-state index in [9.17, 15) is 4.79 Å². The number of pyridine rings is 1. The molecular weight excluding hydrogens is 496 g/mol. The molecule has 198 valence electrons. The van der Waals surface area contributed by atoms with Gasteiger partial charge in [-0.2, -0.15) is 9.59 Å². The Morgan fingerprint density at radius 2 is 1.54 bits per heavy atom. The van der Waals surface area contributed by atoms with Crippen molar-refractivity contribution in [3.8, 4) is 23.0 Å². The van der Waals surface area contributed by atoms with Crippen LogP contribution in [0.5, 0.6) is 23.0 Å². The summed E-state index contributed by atoms with van der Waals surface area (Å²) in [6.07, 6.45) is 4.59. The number of fused-ring (bicyclic) bond motifs is 1. The largest absolute Gasteiger partial charge is 0.505 e. The van der Waals surface area contributed by atoms with Crippen LogP contribution in [0.15, 0.2) is 72.9 Å². The number of unbranched alkanes of at least 4 members (excludes halogenated alkanes) is 1. The van der Waals surface area contributed by atoms with Crippen LogP contribution < -0.4 is 14.2 Å². The highest BCUT2D eigenvalue weighted by Crippen LogP contribution is 2.37. The van der Waals surface area contributed by atoms with Crippen LogP contribution in [0.4, 0.5) is 5.69 Å². The number of hydrogen-bond donors (Lipinski definition) is 0. The second kappa shape index (κ2) is 14.7. The van der Waals surface area contributed by atoms with Gasteiger partial charge in [0.25, 0.3) is 0 Å². The van der Waals surface area contributed by atoms with Crippen LogP contribution in [0.1, 0.15) is 30.9 Å². The van der Waals surface area contributed by atoms with E-state index in [2.05, 4.69) is 16.8 Å². The van der Waals surface area contributed by atoms with Crippen molar-refractivity contribution in [1.82, 2.24) is 4.98 Å². The molecule has 8 heteroatoms. The quantitative estimate of drug-likeness (QED) is 0.162. The maximum Gasteiger partial charge on any atom is 0.373 e. The fraction of sp³-hybridized carbons (Fsp3) is 0.226. The van der Waals surface area contributed by atoms with Gasteiger partial charge in [0.2, 0.25) is 5.69 Å². The lowest BCUT2D eigenvalue weighted by atomic mass is 10.0. The molecule has 0 saturated carbocycles. The van der Waals surface area contributed by atoms with Crippen LogP contribution in [0.3, 0.4) is 0 Å². The molecule has 0 fully saturated rings. The van der Waals surface area contributed by atoms with Gasteiger partial charge in [0.15, 0.2) is 0 Å². The number of ether oxygens (including phenoxy) is 3. The molecular formula is C31H28N2O6. The highest BCUT2D eigenvalue weighted by Gasteiger charge is 2.12. The SMILES string of the molecule is O=C=O.[C-]#[N+]c1cc2c(Oc3ccc(CC(=O)Cc4ccc(OC)cc4)cc3)ccnc2cc1OCCCC. The molecule has 8 nitrogen and oxygen atoms in total. The second-order valence-corrected chi connectivity index (χ2v) is 8.53. The molecule has 0 aliphatic rings. The van der Waals surface area contributed by atoms with Crippen LogP contribution in [0, 0.1) is 6.57 Å². The maximum absolute atomic E-state index is 12.5. The van der Waals surface area contributed by atoms with Crippen LogP contribution in [-0.2, 0) is 27.2 Å². The number of nitrogens with zero attached hydrogens (tertiary/aromatic N) is 2. The summed E-state index contributed by atoms with van der Waals surface area (Å²) in [5.74, 6) is 2.70. The first kappa shape index (κ1) is 28.6. The van der Waals surface area contributed by atoms with Gasteiger partial charge in [-0.3, -0.25) is 9.78 Å². The minimum atomic E-state index is 0.137. The molecule has 0 spiro atoms. The summed E-state index contributed by atoms with van der Waals surface area (Å²) in [6, 6.07) is 20.4. The van der Waals surface area contributed by atoms with Gasteiger partial charge in [0.1, 0.15) is 28.8 Å². The van der Waals surface area contributed by atoms with Crippen LogP contribution in [-0.4, -0.2) is 30.6 Å². The van der Waals surface area contributed by atoms with Crippen molar-refractivity contribution in [1.29, 1.82) is 0 Å². The van der Waals surface area contributed by atoms with Crippen molar-refractivity contribution in [3.63, 3.8) is 0 Å². The number of ketones is 1. The summed E-state index contributed by atoms with van der Waals surface area (Å²) >= 11 is 0. The number of Topliss-reactive ketones (excluding diaryl/α,β-unsaturated/α-hetero) is 1. The fourth-order valence-corrected chi connectivity index (χ4v) is 3.82. The lowest BCUT2D eigenvalue weighted by Crippen LogP contribution is -2.06. The Hall–Kier alpha value is -4.99. The van der Waals surface area contributed by atoms with E-state index < -0.39 is 0 Å². The smallest absolute Gasteiger partial charge is 0.373 e. The average Bonchev–Trinajstić information content (AvgIpc) is 2.95. The Morgan fingerprint density at radius 3 is 2.10 bits per heavy atom. The van der Waals surface area contributed by atoms with E-state index in [0.29, 0.717) is 47.9 Å². The minimum absolute atomic E-state index is 0.137. The monoisotopic (exact) mass is 524 g/mol. The number of aromatic nitrogens is 1. The van der Waals surface area contributed by atoms with Gasteiger partial charge in [-0.1, -0.05) is 37.6 Å². The second-order valence-electron chi connectivity index (χ2n) is 8.53. The van der Waals surface area contributed by atoms with E-state index in [1.165, 1.54) is 0 Å². The summed E-state index contributed by atoms with van der Waals surface area (Å²) in [7, 11) is 1.62. The molecule has 3 aromatic carbocycles. The van der Waals surface area contributed by atoms with Crippen molar-refractivity contribution in [3.05, 3.63) is 95.5 Å². The summed E-state index contributed by atoms with van der Waals surface area (Å²) in [5.41, 5.74) is 3.02. The first-order valence-electron chi connectivity index (χ1n) is 12.3. The summed E-state index contributed by atoms with van der Waals surface area (Å²) < 4.78 is 17.1. The van der Waals surface area contributed by atoms with Crippen molar-refractivity contribution >= 4 is 28.5 Å². The predicted octanol–water partition coefficient (Wildman–Crippen LogP) is 6.54. The third-order valence-corrected chi connectivity index (χ3v) is 5.77. The molecule has 0 amide bonds. The van der Waals surface area contributed by atoms with Crippen LogP contribution in [0.2, 0.25) is 0 Å². The number of carbonyl (C=O) groups is 1. The van der Waals surface area contributed by atoms with Gasteiger partial charge in [-0.15, -0.1) is 0 Å². The van der Waals surface area contributed by atoms with Crippen molar-refractivity contribution < 1.29 is 28.6 Å². The van der Waals surface area contributed by atoms with Gasteiger partial charge >= 0.3 is 6.15 Å². The van der Waals surface area contributed by atoms with Crippen LogP contribution in [0.25, 0.3) is 15.7 Å². The van der Waals surface area contributed by atoms with E-state index >= 15 is 0 Å². The van der Waals surface area contributed by atoms with E-state index in [4.69, 9.17) is 30.4 Å². The van der Waals surface area contributed by atoms with Gasteiger partial charge in [-0.25, -0.2) is 4.85 Å². The molecule has 0 bridgehead atoms. The van der Waals surface area contributed by atoms with E-state index in [0.717, 1.165) is 35.1 Å². The Labute approximate surface area is 227 Å². The minimum Gasteiger partial charge on any atom is -0.505 e. The highest BCUT2D eigenvalue weighted by atomic mass is 16.5. The highest BCUT2D eigenvalue weighted by molar-refractivity contribution is 5.91. The molecule has 0 unspecified atom stereocenters. The molecule has 1 heterocycles. The number of methoxy groups -OCH3 is 1. The Kier molecular flexibility index (Phi) is 10.8. The normalized spacial score (nSPS) is 9.97. The molecule has 0 radical (unpaired) electrons. The third kappa shape index (κ3) is 8.26. The number of carbonyl (C=O) groups excluding carboxylic acids is 3. The van der Waals surface area contributed by atoms with Gasteiger partial charge in [-0.05, 0) is 60.0 Å². The number of hydrogen-bond acceptors (Lipinski definition) is 7.